The van der Waals surface area contributed by atoms with Gasteiger partial charge in [-0.2, -0.15) is 0 Å². The van der Waals surface area contributed by atoms with Crippen LogP contribution in [0, 0.1) is 0 Å². The predicted molar refractivity (Wildman–Crippen MR) is 76.3 cm³/mol. The first-order valence-corrected chi connectivity index (χ1v) is 6.82. The van der Waals surface area contributed by atoms with Crippen LogP contribution >= 0.6 is 12.6 Å². The Morgan fingerprint density at radius 3 is 2.78 bits per heavy atom. The van der Waals surface area contributed by atoms with Crippen molar-refractivity contribution in [1.29, 1.82) is 0 Å². The van der Waals surface area contributed by atoms with E-state index < -0.39 is 0 Å². The van der Waals surface area contributed by atoms with E-state index in [0.29, 0.717) is 5.56 Å². The van der Waals surface area contributed by atoms with E-state index in [9.17, 15) is 4.79 Å². The normalized spacial score (nSPS) is 21.7. The first kappa shape index (κ1) is 13.4. The molecule has 0 radical (unpaired) electrons. The molecule has 98 valence electrons. The number of rotatable bonds is 1. The summed E-state index contributed by atoms with van der Waals surface area (Å²) in [5.41, 5.74) is 0.706. The number of likely N-dealkylation sites (N-methyl/N-ethyl adjacent to an activating group) is 1. The lowest BCUT2D eigenvalue weighted by Gasteiger charge is -2.28. The summed E-state index contributed by atoms with van der Waals surface area (Å²) in [5.74, 6) is 0.100. The number of carbonyl (C=O) groups excluding carboxylic acids is 1. The van der Waals surface area contributed by atoms with E-state index in [1.807, 2.05) is 29.2 Å². The molecule has 1 aromatic rings. The zero-order valence-electron chi connectivity index (χ0n) is 11.0. The number of hydrogen-bond acceptors (Lipinski definition) is 3. The lowest BCUT2D eigenvalue weighted by molar-refractivity contribution is 0.0693. The smallest absolute Gasteiger partial charge is 0.255 e. The van der Waals surface area contributed by atoms with Gasteiger partial charge in [0, 0.05) is 24.0 Å². The van der Waals surface area contributed by atoms with E-state index in [1.54, 1.807) is 0 Å². The lowest BCUT2D eigenvalue weighted by Crippen LogP contribution is -2.42. The largest absolute Gasteiger partial charge is 0.335 e. The van der Waals surface area contributed by atoms with E-state index in [-0.39, 0.29) is 11.9 Å². The van der Waals surface area contributed by atoms with Crippen molar-refractivity contribution in [2.75, 3.05) is 26.7 Å². The van der Waals surface area contributed by atoms with Gasteiger partial charge >= 0.3 is 0 Å². The number of hydrogen-bond donors (Lipinski definition) is 1. The quantitative estimate of drug-likeness (QED) is 0.786. The monoisotopic (exact) mass is 264 g/mol. The molecule has 2 rings (SSSR count). The molecule has 0 N–H and O–H groups in total. The Morgan fingerprint density at radius 1 is 1.33 bits per heavy atom. The number of carbonyl (C=O) groups is 1. The van der Waals surface area contributed by atoms with Crippen LogP contribution in [0.5, 0.6) is 0 Å². The van der Waals surface area contributed by atoms with E-state index in [1.165, 1.54) is 0 Å². The molecule has 1 aliphatic heterocycles. The maximum atomic E-state index is 12.5. The van der Waals surface area contributed by atoms with Gasteiger partial charge in [0.05, 0.1) is 5.56 Å². The first-order valence-electron chi connectivity index (χ1n) is 6.37. The van der Waals surface area contributed by atoms with Crippen molar-refractivity contribution in [1.82, 2.24) is 9.80 Å². The molecular formula is C14H20N2OS. The van der Waals surface area contributed by atoms with Crippen LogP contribution in [-0.2, 0) is 0 Å². The molecule has 1 fully saturated rings. The summed E-state index contributed by atoms with van der Waals surface area (Å²) in [6.45, 7) is 4.92. The molecule has 1 unspecified atom stereocenters. The van der Waals surface area contributed by atoms with E-state index in [4.69, 9.17) is 0 Å². The molecule has 1 saturated heterocycles. The molecule has 0 bridgehead atoms. The Labute approximate surface area is 114 Å². The lowest BCUT2D eigenvalue weighted by atomic mass is 10.1. The molecule has 4 heteroatoms. The number of benzene rings is 1. The van der Waals surface area contributed by atoms with Gasteiger partial charge in [-0.3, -0.25) is 4.79 Å². The number of thiol groups is 1. The average Bonchev–Trinajstić information content (AvgIpc) is 2.50. The van der Waals surface area contributed by atoms with Gasteiger partial charge in [0.15, 0.2) is 0 Å². The third-order valence-electron chi connectivity index (χ3n) is 3.44. The Morgan fingerprint density at radius 2 is 2.06 bits per heavy atom. The van der Waals surface area contributed by atoms with Crippen molar-refractivity contribution < 1.29 is 4.79 Å². The maximum absolute atomic E-state index is 12.5. The minimum Gasteiger partial charge on any atom is -0.335 e. The van der Waals surface area contributed by atoms with Crippen molar-refractivity contribution in [3.8, 4) is 0 Å². The minimum atomic E-state index is 0.100. The van der Waals surface area contributed by atoms with E-state index in [2.05, 4.69) is 31.5 Å². The maximum Gasteiger partial charge on any atom is 0.255 e. The van der Waals surface area contributed by atoms with Gasteiger partial charge in [0.1, 0.15) is 0 Å². The van der Waals surface area contributed by atoms with Gasteiger partial charge in [0.25, 0.3) is 5.91 Å². The molecule has 0 aromatic heterocycles. The van der Waals surface area contributed by atoms with Crippen LogP contribution < -0.4 is 0 Å². The van der Waals surface area contributed by atoms with Crippen molar-refractivity contribution in [3.63, 3.8) is 0 Å². The highest BCUT2D eigenvalue weighted by molar-refractivity contribution is 7.80. The van der Waals surface area contributed by atoms with E-state index >= 15 is 0 Å². The highest BCUT2D eigenvalue weighted by atomic mass is 32.1. The minimum absolute atomic E-state index is 0.100. The summed E-state index contributed by atoms with van der Waals surface area (Å²) in [7, 11) is 2.11. The standard InChI is InChI=1S/C14H20N2OS/c1-11-10-15(2)8-5-9-16(11)14(17)12-6-3-4-7-13(12)18/h3-4,6-7,11,18H,5,8-10H2,1-2H3. The summed E-state index contributed by atoms with van der Waals surface area (Å²) in [6, 6.07) is 7.76. The fourth-order valence-corrected chi connectivity index (χ4v) is 2.74. The van der Waals surface area contributed by atoms with Crippen LogP contribution in [0.25, 0.3) is 0 Å². The first-order chi connectivity index (χ1) is 8.59. The molecule has 1 amide bonds. The summed E-state index contributed by atoms with van der Waals surface area (Å²) in [4.78, 5) is 17.6. The van der Waals surface area contributed by atoms with Crippen molar-refractivity contribution in [3.05, 3.63) is 29.8 Å². The van der Waals surface area contributed by atoms with Gasteiger partial charge in [0.2, 0.25) is 0 Å². The average molecular weight is 264 g/mol. The van der Waals surface area contributed by atoms with Gasteiger partial charge in [-0.05, 0) is 39.1 Å². The van der Waals surface area contributed by atoms with Gasteiger partial charge < -0.3 is 9.80 Å². The van der Waals surface area contributed by atoms with Crippen molar-refractivity contribution >= 4 is 18.5 Å². The SMILES string of the molecule is CC1CN(C)CCCN1C(=O)c1ccccc1S. The van der Waals surface area contributed by atoms with Crippen LogP contribution in [0.3, 0.4) is 0 Å². The third-order valence-corrected chi connectivity index (χ3v) is 3.83. The second-order valence-electron chi connectivity index (χ2n) is 4.98. The molecule has 1 aliphatic rings. The van der Waals surface area contributed by atoms with Crippen molar-refractivity contribution in [2.45, 2.75) is 24.3 Å². The fraction of sp³-hybridized carbons (Fsp3) is 0.500. The van der Waals surface area contributed by atoms with E-state index in [0.717, 1.165) is 31.0 Å². The summed E-state index contributed by atoms with van der Waals surface area (Å²) < 4.78 is 0. The molecule has 1 atom stereocenters. The summed E-state index contributed by atoms with van der Waals surface area (Å²) in [5, 5.41) is 0. The Bertz CT molecular complexity index is 436. The van der Waals surface area contributed by atoms with Crippen LogP contribution in [0.2, 0.25) is 0 Å². The topological polar surface area (TPSA) is 23.6 Å². The molecule has 1 heterocycles. The molecule has 0 aliphatic carbocycles. The Kier molecular flexibility index (Phi) is 4.30. The Balaban J connectivity index is 2.20. The summed E-state index contributed by atoms with van der Waals surface area (Å²) >= 11 is 4.37. The zero-order valence-corrected chi connectivity index (χ0v) is 11.9. The van der Waals surface area contributed by atoms with Crippen LogP contribution in [0.15, 0.2) is 29.2 Å². The third kappa shape index (κ3) is 2.87. The molecule has 18 heavy (non-hydrogen) atoms. The highest BCUT2D eigenvalue weighted by Crippen LogP contribution is 2.18. The van der Waals surface area contributed by atoms with Gasteiger partial charge in [-0.1, -0.05) is 12.1 Å². The fourth-order valence-electron chi connectivity index (χ4n) is 2.48. The van der Waals surface area contributed by atoms with Crippen LogP contribution in [-0.4, -0.2) is 48.4 Å². The molecule has 1 aromatic carbocycles. The molecule has 3 nitrogen and oxygen atoms in total. The Hall–Kier alpha value is -1.00. The van der Waals surface area contributed by atoms with Crippen molar-refractivity contribution in [2.24, 2.45) is 0 Å². The second-order valence-corrected chi connectivity index (χ2v) is 5.46. The second kappa shape index (κ2) is 5.76. The highest BCUT2D eigenvalue weighted by Gasteiger charge is 2.25. The van der Waals surface area contributed by atoms with Crippen LogP contribution in [0.4, 0.5) is 0 Å². The number of nitrogens with zero attached hydrogens (tertiary/aromatic N) is 2. The predicted octanol–water partition coefficient (Wildman–Crippen LogP) is 2.14. The van der Waals surface area contributed by atoms with Gasteiger partial charge in [-0.15, -0.1) is 12.6 Å². The number of amides is 1. The zero-order chi connectivity index (χ0) is 13.1. The molecular weight excluding hydrogens is 244 g/mol. The molecule has 0 spiro atoms. The van der Waals surface area contributed by atoms with Crippen LogP contribution in [0.1, 0.15) is 23.7 Å². The van der Waals surface area contributed by atoms with Gasteiger partial charge in [-0.25, -0.2) is 0 Å². The molecule has 0 saturated carbocycles. The summed E-state index contributed by atoms with van der Waals surface area (Å²) in [6.07, 6.45) is 1.03.